The van der Waals surface area contributed by atoms with Gasteiger partial charge in [-0.15, -0.1) is 0 Å². The lowest BCUT2D eigenvalue weighted by Gasteiger charge is -2.38. The van der Waals surface area contributed by atoms with Gasteiger partial charge < -0.3 is 10.0 Å². The van der Waals surface area contributed by atoms with Gasteiger partial charge >= 0.3 is 0 Å². The van der Waals surface area contributed by atoms with Crippen LogP contribution in [0.15, 0.2) is 22.7 Å². The maximum absolute atomic E-state index is 11.2. The van der Waals surface area contributed by atoms with Gasteiger partial charge in [-0.1, -0.05) is 15.9 Å². The highest BCUT2D eigenvalue weighted by molar-refractivity contribution is 9.10. The van der Waals surface area contributed by atoms with Gasteiger partial charge in [0, 0.05) is 22.6 Å². The Morgan fingerprint density at radius 1 is 1.32 bits per heavy atom. The lowest BCUT2D eigenvalue weighted by atomic mass is 9.98. The monoisotopic (exact) mass is 326 g/mol. The van der Waals surface area contributed by atoms with Crippen LogP contribution in [0.5, 0.6) is 0 Å². The summed E-state index contributed by atoms with van der Waals surface area (Å²) in [4.78, 5) is 13.0. The van der Waals surface area contributed by atoms with Gasteiger partial charge in [0.2, 0.25) is 0 Å². The molecule has 2 aliphatic rings. The molecule has 0 saturated carbocycles. The molecule has 0 radical (unpaired) electrons. The second-order valence-corrected chi connectivity index (χ2v) is 6.22. The molecule has 0 spiro atoms. The van der Waals surface area contributed by atoms with E-state index in [4.69, 9.17) is 0 Å². The van der Waals surface area contributed by atoms with Crippen LogP contribution < -0.4 is 4.90 Å². The molecule has 19 heavy (non-hydrogen) atoms. The summed E-state index contributed by atoms with van der Waals surface area (Å²) >= 11 is 3.28. The average molecular weight is 327 g/mol. The molecule has 2 atom stereocenters. The minimum Gasteiger partial charge on any atom is -0.393 e. The van der Waals surface area contributed by atoms with Crippen molar-refractivity contribution >= 4 is 27.3 Å². The summed E-state index contributed by atoms with van der Waals surface area (Å²) < 4.78 is 0.715. The van der Waals surface area contributed by atoms with E-state index in [-0.39, 0.29) is 28.8 Å². The van der Waals surface area contributed by atoms with Crippen molar-refractivity contribution in [3.8, 4) is 0 Å². The highest BCUT2D eigenvalue weighted by atomic mass is 79.9. The highest BCUT2D eigenvalue weighted by Gasteiger charge is 2.42. The fraction of sp³-hybridized carbons (Fsp3) is 0.538. The number of benzene rings is 1. The number of nitrogens with zero attached hydrogens (tertiary/aromatic N) is 2. The number of halogens is 1. The van der Waals surface area contributed by atoms with E-state index in [0.29, 0.717) is 23.0 Å². The Labute approximate surface area is 119 Å². The number of aliphatic hydroxyl groups is 1. The van der Waals surface area contributed by atoms with Crippen molar-refractivity contribution in [2.45, 2.75) is 43.9 Å². The third-order valence-corrected chi connectivity index (χ3v) is 4.61. The number of hydrogen-bond donors (Lipinski definition) is 1. The molecular weight excluding hydrogens is 312 g/mol. The minimum absolute atomic E-state index is 0.141. The van der Waals surface area contributed by atoms with Gasteiger partial charge in [-0.05, 0) is 37.8 Å². The summed E-state index contributed by atoms with van der Waals surface area (Å²) in [6.45, 7) is 0. The second-order valence-electron chi connectivity index (χ2n) is 5.31. The molecular formula is C13H15BrN2O3. The number of nitro groups is 1. The largest absolute Gasteiger partial charge is 0.393 e. The smallest absolute Gasteiger partial charge is 0.293 e. The molecule has 0 aliphatic carbocycles. The summed E-state index contributed by atoms with van der Waals surface area (Å²) in [5, 5.41) is 21.0. The van der Waals surface area contributed by atoms with Gasteiger partial charge in [-0.2, -0.15) is 0 Å². The van der Waals surface area contributed by atoms with Gasteiger partial charge in [0.1, 0.15) is 5.69 Å². The molecule has 1 aromatic rings. The number of rotatable bonds is 2. The first-order chi connectivity index (χ1) is 9.06. The molecule has 1 N–H and O–H groups in total. The fourth-order valence-corrected chi connectivity index (χ4v) is 3.75. The predicted molar refractivity (Wildman–Crippen MR) is 75.3 cm³/mol. The zero-order chi connectivity index (χ0) is 13.6. The number of aliphatic hydroxyl groups excluding tert-OH is 1. The molecule has 5 nitrogen and oxygen atoms in total. The van der Waals surface area contributed by atoms with Gasteiger partial charge in [-0.25, -0.2) is 0 Å². The van der Waals surface area contributed by atoms with E-state index in [1.807, 2.05) is 12.1 Å². The van der Waals surface area contributed by atoms with E-state index in [2.05, 4.69) is 20.8 Å². The Morgan fingerprint density at radius 3 is 2.53 bits per heavy atom. The van der Waals surface area contributed by atoms with Crippen molar-refractivity contribution in [1.29, 1.82) is 0 Å². The van der Waals surface area contributed by atoms with Crippen LogP contribution >= 0.6 is 15.9 Å². The Kier molecular flexibility index (Phi) is 3.22. The highest BCUT2D eigenvalue weighted by Crippen LogP contribution is 2.43. The molecule has 3 rings (SSSR count). The summed E-state index contributed by atoms with van der Waals surface area (Å²) in [6, 6.07) is 5.67. The van der Waals surface area contributed by atoms with E-state index >= 15 is 0 Å². The van der Waals surface area contributed by atoms with Crippen molar-refractivity contribution in [2.24, 2.45) is 0 Å². The molecule has 1 aromatic carbocycles. The van der Waals surface area contributed by atoms with Crippen LogP contribution in [-0.4, -0.2) is 28.2 Å². The topological polar surface area (TPSA) is 66.6 Å². The third-order valence-electron chi connectivity index (χ3n) is 4.12. The Balaban J connectivity index is 2.01. The molecule has 2 unspecified atom stereocenters. The lowest BCUT2D eigenvalue weighted by Crippen LogP contribution is -2.45. The molecule has 2 aliphatic heterocycles. The van der Waals surface area contributed by atoms with E-state index in [1.54, 1.807) is 6.07 Å². The van der Waals surface area contributed by atoms with Crippen molar-refractivity contribution in [2.75, 3.05) is 4.90 Å². The van der Waals surface area contributed by atoms with Gasteiger partial charge in [0.05, 0.1) is 11.0 Å². The van der Waals surface area contributed by atoms with Crippen LogP contribution in [0.25, 0.3) is 0 Å². The number of nitro benzene ring substituents is 1. The normalized spacial score (nSPS) is 29.6. The Morgan fingerprint density at radius 2 is 1.95 bits per heavy atom. The van der Waals surface area contributed by atoms with Crippen LogP contribution in [0.3, 0.4) is 0 Å². The van der Waals surface area contributed by atoms with Crippen LogP contribution in [0, 0.1) is 10.1 Å². The van der Waals surface area contributed by atoms with E-state index in [9.17, 15) is 15.2 Å². The van der Waals surface area contributed by atoms with Crippen molar-refractivity contribution in [1.82, 2.24) is 0 Å². The molecule has 2 saturated heterocycles. The van der Waals surface area contributed by atoms with Crippen molar-refractivity contribution in [3.05, 3.63) is 32.8 Å². The van der Waals surface area contributed by atoms with Crippen molar-refractivity contribution in [3.63, 3.8) is 0 Å². The maximum Gasteiger partial charge on any atom is 0.293 e. The predicted octanol–water partition coefficient (Wildman–Crippen LogP) is 2.85. The molecule has 2 bridgehead atoms. The molecule has 2 heterocycles. The first-order valence-electron chi connectivity index (χ1n) is 6.46. The molecule has 0 aromatic heterocycles. The van der Waals surface area contributed by atoms with Crippen molar-refractivity contribution < 1.29 is 10.0 Å². The van der Waals surface area contributed by atoms with E-state index < -0.39 is 0 Å². The first kappa shape index (κ1) is 12.9. The summed E-state index contributed by atoms with van der Waals surface area (Å²) in [6.07, 6.45) is 3.18. The standard InChI is InChI=1S/C13H15BrN2O3/c14-8-1-4-12(13(5-8)16(18)19)15-9-2-3-10(15)7-11(17)6-9/h1,4-5,9-11,17H,2-3,6-7H2. The maximum atomic E-state index is 11.2. The molecule has 2 fully saturated rings. The summed E-state index contributed by atoms with van der Waals surface area (Å²) in [5.41, 5.74) is 0.829. The van der Waals surface area contributed by atoms with E-state index in [0.717, 1.165) is 12.8 Å². The Bertz CT molecular complexity index is 509. The molecule has 102 valence electrons. The quantitative estimate of drug-likeness (QED) is 0.670. The van der Waals surface area contributed by atoms with Gasteiger partial charge in [0.25, 0.3) is 5.69 Å². The van der Waals surface area contributed by atoms with Crippen LogP contribution in [-0.2, 0) is 0 Å². The molecule has 6 heteroatoms. The minimum atomic E-state index is -0.329. The van der Waals surface area contributed by atoms with Gasteiger partial charge in [0.15, 0.2) is 0 Å². The average Bonchev–Trinajstić information content (AvgIpc) is 2.62. The first-order valence-corrected chi connectivity index (χ1v) is 7.26. The number of piperidine rings is 1. The second kappa shape index (κ2) is 4.76. The molecule has 0 amide bonds. The lowest BCUT2D eigenvalue weighted by molar-refractivity contribution is -0.384. The summed E-state index contributed by atoms with van der Waals surface area (Å²) in [7, 11) is 0. The number of hydrogen-bond acceptors (Lipinski definition) is 4. The van der Waals surface area contributed by atoms with Crippen LogP contribution in [0.2, 0.25) is 0 Å². The SMILES string of the molecule is O=[N+]([O-])c1cc(Br)ccc1N1C2CCC1CC(O)C2. The Hall–Kier alpha value is -1.14. The number of fused-ring (bicyclic) bond motifs is 2. The fourth-order valence-electron chi connectivity index (χ4n) is 3.40. The zero-order valence-electron chi connectivity index (χ0n) is 10.3. The van der Waals surface area contributed by atoms with Crippen LogP contribution in [0.1, 0.15) is 25.7 Å². The third kappa shape index (κ3) is 2.23. The number of anilines is 1. The van der Waals surface area contributed by atoms with Crippen LogP contribution in [0.4, 0.5) is 11.4 Å². The zero-order valence-corrected chi connectivity index (χ0v) is 11.9. The summed E-state index contributed by atoms with van der Waals surface area (Å²) in [5.74, 6) is 0. The van der Waals surface area contributed by atoms with Gasteiger partial charge in [-0.3, -0.25) is 10.1 Å². The van der Waals surface area contributed by atoms with E-state index in [1.165, 1.54) is 0 Å².